The van der Waals surface area contributed by atoms with E-state index >= 15 is 0 Å². The van der Waals surface area contributed by atoms with Crippen LogP contribution in [0, 0.1) is 0 Å². The molecule has 3 N–H and O–H groups in total. The number of aromatic nitrogens is 3. The number of carbonyl (C=O) groups excluding carboxylic acids is 1. The Labute approximate surface area is 170 Å². The standard InChI is InChI=1S/C19H28N8O2/c1-25(2)17(28)13-27-10-8-26(9-11-27)12-16-22-18(20)24-19(23-16)21-14-6-4-5-7-15(14)29-3/h4-7H,8-13H2,1-3H3,(H3,20,21,22,23,24). The first-order valence-electron chi connectivity index (χ1n) is 9.50. The molecule has 0 bridgehead atoms. The molecule has 156 valence electrons. The number of hydrogen-bond acceptors (Lipinski definition) is 9. The van der Waals surface area contributed by atoms with Crippen molar-refractivity contribution in [1.29, 1.82) is 0 Å². The summed E-state index contributed by atoms with van der Waals surface area (Å²) in [7, 11) is 5.17. The third-order valence-corrected chi connectivity index (χ3v) is 4.74. The zero-order valence-electron chi connectivity index (χ0n) is 17.1. The molecular formula is C19H28N8O2. The number of piperazine rings is 1. The van der Waals surface area contributed by atoms with Crippen LogP contribution in [0.1, 0.15) is 5.82 Å². The van der Waals surface area contributed by atoms with Gasteiger partial charge in [-0.1, -0.05) is 12.1 Å². The van der Waals surface area contributed by atoms with Crippen LogP contribution in [-0.2, 0) is 11.3 Å². The van der Waals surface area contributed by atoms with E-state index < -0.39 is 0 Å². The van der Waals surface area contributed by atoms with E-state index in [0.29, 0.717) is 30.6 Å². The molecule has 1 aromatic carbocycles. The molecular weight excluding hydrogens is 372 g/mol. The fraction of sp³-hybridized carbons (Fsp3) is 0.474. The molecule has 2 heterocycles. The van der Waals surface area contributed by atoms with Crippen molar-refractivity contribution in [1.82, 2.24) is 29.7 Å². The molecule has 1 aliphatic rings. The van der Waals surface area contributed by atoms with Crippen LogP contribution >= 0.6 is 0 Å². The average Bonchev–Trinajstić information content (AvgIpc) is 2.69. The second kappa shape index (κ2) is 9.48. The summed E-state index contributed by atoms with van der Waals surface area (Å²) in [5, 5.41) is 3.15. The topological polar surface area (TPSA) is 113 Å². The molecule has 0 atom stereocenters. The van der Waals surface area contributed by atoms with Gasteiger partial charge in [0, 0.05) is 40.3 Å². The number of carbonyl (C=O) groups is 1. The van der Waals surface area contributed by atoms with Gasteiger partial charge in [0.15, 0.2) is 0 Å². The highest BCUT2D eigenvalue weighted by Crippen LogP contribution is 2.25. The van der Waals surface area contributed by atoms with Gasteiger partial charge in [0.2, 0.25) is 17.8 Å². The van der Waals surface area contributed by atoms with Gasteiger partial charge in [-0.25, -0.2) is 0 Å². The summed E-state index contributed by atoms with van der Waals surface area (Å²) in [5.41, 5.74) is 6.65. The van der Waals surface area contributed by atoms with Crippen molar-refractivity contribution in [3.63, 3.8) is 0 Å². The molecule has 10 nitrogen and oxygen atoms in total. The van der Waals surface area contributed by atoms with E-state index in [2.05, 4.69) is 30.1 Å². The maximum atomic E-state index is 11.9. The normalized spacial score (nSPS) is 15.1. The molecule has 0 spiro atoms. The van der Waals surface area contributed by atoms with Crippen molar-refractivity contribution in [3.8, 4) is 5.75 Å². The third-order valence-electron chi connectivity index (χ3n) is 4.74. The Morgan fingerprint density at radius 3 is 2.52 bits per heavy atom. The number of benzene rings is 1. The number of rotatable bonds is 7. The minimum absolute atomic E-state index is 0.121. The molecule has 2 aromatic rings. The van der Waals surface area contributed by atoms with Gasteiger partial charge in [0.25, 0.3) is 0 Å². The zero-order valence-corrected chi connectivity index (χ0v) is 17.1. The fourth-order valence-corrected chi connectivity index (χ4v) is 3.07. The Morgan fingerprint density at radius 2 is 1.83 bits per heavy atom. The van der Waals surface area contributed by atoms with Crippen LogP contribution in [0.5, 0.6) is 5.75 Å². The first kappa shape index (κ1) is 20.7. The van der Waals surface area contributed by atoms with Crippen molar-refractivity contribution in [2.75, 3.05) is 65.0 Å². The Bertz CT molecular complexity index is 837. The summed E-state index contributed by atoms with van der Waals surface area (Å²) < 4.78 is 5.35. The minimum Gasteiger partial charge on any atom is -0.495 e. The number of methoxy groups -OCH3 is 1. The predicted octanol–water partition coefficient (Wildman–Crippen LogP) is 0.412. The molecule has 1 aromatic heterocycles. The predicted molar refractivity (Wildman–Crippen MR) is 111 cm³/mol. The highest BCUT2D eigenvalue weighted by atomic mass is 16.5. The van der Waals surface area contributed by atoms with Gasteiger partial charge in [-0.2, -0.15) is 15.0 Å². The summed E-state index contributed by atoms with van der Waals surface area (Å²) in [5.74, 6) is 1.97. The van der Waals surface area contributed by atoms with E-state index in [1.807, 2.05) is 24.3 Å². The van der Waals surface area contributed by atoms with Gasteiger partial charge >= 0.3 is 0 Å². The monoisotopic (exact) mass is 400 g/mol. The lowest BCUT2D eigenvalue weighted by Crippen LogP contribution is -2.49. The Morgan fingerprint density at radius 1 is 1.14 bits per heavy atom. The van der Waals surface area contributed by atoms with Crippen molar-refractivity contribution in [2.45, 2.75) is 6.54 Å². The van der Waals surface area contributed by atoms with E-state index in [1.54, 1.807) is 26.1 Å². The lowest BCUT2D eigenvalue weighted by Gasteiger charge is -2.34. The largest absolute Gasteiger partial charge is 0.495 e. The van der Waals surface area contributed by atoms with Crippen LogP contribution < -0.4 is 15.8 Å². The van der Waals surface area contributed by atoms with E-state index in [4.69, 9.17) is 10.5 Å². The van der Waals surface area contributed by atoms with Crippen molar-refractivity contribution in [2.24, 2.45) is 0 Å². The number of nitrogen functional groups attached to an aromatic ring is 1. The second-order valence-corrected chi connectivity index (χ2v) is 7.10. The smallest absolute Gasteiger partial charge is 0.236 e. The Kier molecular flexibility index (Phi) is 6.78. The highest BCUT2D eigenvalue weighted by molar-refractivity contribution is 5.77. The molecule has 3 rings (SSSR count). The van der Waals surface area contributed by atoms with E-state index in [0.717, 1.165) is 31.9 Å². The summed E-state index contributed by atoms with van der Waals surface area (Å²) in [6.45, 7) is 4.34. The molecule has 1 saturated heterocycles. The SMILES string of the molecule is COc1ccccc1Nc1nc(N)nc(CN2CCN(CC(=O)N(C)C)CC2)n1. The summed E-state index contributed by atoms with van der Waals surface area (Å²) >= 11 is 0. The number of anilines is 3. The lowest BCUT2D eigenvalue weighted by molar-refractivity contribution is -0.130. The van der Waals surface area contributed by atoms with Gasteiger partial charge < -0.3 is 20.7 Å². The van der Waals surface area contributed by atoms with Crippen LogP contribution in [0.2, 0.25) is 0 Å². The van der Waals surface area contributed by atoms with Crippen molar-refractivity contribution < 1.29 is 9.53 Å². The summed E-state index contributed by atoms with van der Waals surface area (Å²) in [4.78, 5) is 30.9. The number of amides is 1. The molecule has 0 aliphatic carbocycles. The third kappa shape index (κ3) is 5.75. The summed E-state index contributed by atoms with van der Waals surface area (Å²) in [6.07, 6.45) is 0. The average molecular weight is 400 g/mol. The lowest BCUT2D eigenvalue weighted by atomic mass is 10.3. The first-order chi connectivity index (χ1) is 13.9. The minimum atomic E-state index is 0.121. The number of ether oxygens (including phenoxy) is 1. The first-order valence-corrected chi connectivity index (χ1v) is 9.50. The molecule has 29 heavy (non-hydrogen) atoms. The van der Waals surface area contributed by atoms with Crippen molar-refractivity contribution in [3.05, 3.63) is 30.1 Å². The molecule has 10 heteroatoms. The van der Waals surface area contributed by atoms with Crippen LogP contribution in [0.4, 0.5) is 17.6 Å². The number of nitrogens with one attached hydrogen (secondary N) is 1. The van der Waals surface area contributed by atoms with Crippen LogP contribution in [-0.4, -0.2) is 89.5 Å². The molecule has 0 saturated carbocycles. The number of hydrogen-bond donors (Lipinski definition) is 2. The number of likely N-dealkylation sites (N-methyl/N-ethyl adjacent to an activating group) is 1. The molecule has 1 amide bonds. The number of para-hydroxylation sites is 2. The Balaban J connectivity index is 1.60. The van der Waals surface area contributed by atoms with E-state index in [9.17, 15) is 4.79 Å². The van der Waals surface area contributed by atoms with E-state index in [-0.39, 0.29) is 11.9 Å². The molecule has 0 unspecified atom stereocenters. The number of nitrogens with two attached hydrogens (primary N) is 1. The fourth-order valence-electron chi connectivity index (χ4n) is 3.07. The maximum Gasteiger partial charge on any atom is 0.236 e. The molecule has 1 aliphatic heterocycles. The van der Waals surface area contributed by atoms with Crippen molar-refractivity contribution >= 4 is 23.5 Å². The molecule has 0 radical (unpaired) electrons. The van der Waals surface area contributed by atoms with Gasteiger partial charge in [-0.15, -0.1) is 0 Å². The molecule has 1 fully saturated rings. The van der Waals surface area contributed by atoms with Gasteiger partial charge in [-0.3, -0.25) is 14.6 Å². The maximum absolute atomic E-state index is 11.9. The van der Waals surface area contributed by atoms with Gasteiger partial charge in [-0.05, 0) is 12.1 Å². The highest BCUT2D eigenvalue weighted by Gasteiger charge is 2.20. The number of nitrogens with zero attached hydrogens (tertiary/aromatic N) is 6. The zero-order chi connectivity index (χ0) is 20.8. The van der Waals surface area contributed by atoms with Crippen LogP contribution in [0.15, 0.2) is 24.3 Å². The Hall–Kier alpha value is -2.98. The van der Waals surface area contributed by atoms with E-state index in [1.165, 1.54) is 0 Å². The van der Waals surface area contributed by atoms with Gasteiger partial charge in [0.05, 0.1) is 25.9 Å². The van der Waals surface area contributed by atoms with Gasteiger partial charge in [0.1, 0.15) is 11.6 Å². The summed E-state index contributed by atoms with van der Waals surface area (Å²) in [6, 6.07) is 7.53. The quantitative estimate of drug-likeness (QED) is 0.682. The second-order valence-electron chi connectivity index (χ2n) is 7.10. The van der Waals surface area contributed by atoms with Crippen LogP contribution in [0.25, 0.3) is 0 Å². The van der Waals surface area contributed by atoms with Crippen LogP contribution in [0.3, 0.4) is 0 Å².